The van der Waals surface area contributed by atoms with Crippen molar-refractivity contribution in [3.63, 3.8) is 0 Å². The van der Waals surface area contributed by atoms with Gasteiger partial charge >= 0.3 is 0 Å². The first-order valence-corrected chi connectivity index (χ1v) is 6.92. The maximum absolute atomic E-state index is 12.1. The van der Waals surface area contributed by atoms with Gasteiger partial charge in [-0.3, -0.25) is 4.79 Å². The topological polar surface area (TPSA) is 46.5 Å². The molecule has 2 rings (SSSR count). The van der Waals surface area contributed by atoms with E-state index in [2.05, 4.69) is 11.4 Å². The highest BCUT2D eigenvalue weighted by molar-refractivity contribution is 5.76. The number of nitrogens with zero attached hydrogens (tertiary/aromatic N) is 2. The van der Waals surface area contributed by atoms with Gasteiger partial charge < -0.3 is 19.5 Å². The molecule has 1 aromatic rings. The van der Waals surface area contributed by atoms with Gasteiger partial charge in [-0.05, 0) is 25.0 Å². The van der Waals surface area contributed by atoms with Gasteiger partial charge in [0, 0.05) is 45.2 Å². The second-order valence-electron chi connectivity index (χ2n) is 4.88. The summed E-state index contributed by atoms with van der Waals surface area (Å²) in [7, 11) is 1.69. The van der Waals surface area contributed by atoms with Crippen molar-refractivity contribution in [2.75, 3.05) is 33.4 Å². The van der Waals surface area contributed by atoms with Crippen LogP contribution in [0.15, 0.2) is 18.3 Å². The summed E-state index contributed by atoms with van der Waals surface area (Å²) in [4.78, 5) is 14.1. The molecule has 1 aliphatic rings. The predicted molar refractivity (Wildman–Crippen MR) is 73.8 cm³/mol. The number of carbonyl (C=O) groups is 1. The van der Waals surface area contributed by atoms with Crippen LogP contribution in [0, 0.1) is 0 Å². The summed E-state index contributed by atoms with van der Waals surface area (Å²) < 4.78 is 7.02. The molecule has 2 heterocycles. The number of hydrogen-bond acceptors (Lipinski definition) is 3. The number of carbonyl (C=O) groups excluding carboxylic acids is 1. The molecule has 0 radical (unpaired) electrons. The van der Waals surface area contributed by atoms with E-state index in [9.17, 15) is 4.79 Å². The van der Waals surface area contributed by atoms with Crippen molar-refractivity contribution in [3.8, 4) is 0 Å². The molecular weight excluding hydrogens is 242 g/mol. The molecule has 1 aromatic heterocycles. The molecule has 1 saturated heterocycles. The van der Waals surface area contributed by atoms with Crippen LogP contribution in [-0.2, 0) is 22.6 Å². The van der Waals surface area contributed by atoms with Gasteiger partial charge in [-0.2, -0.15) is 0 Å². The van der Waals surface area contributed by atoms with Crippen molar-refractivity contribution < 1.29 is 9.53 Å². The zero-order chi connectivity index (χ0) is 13.5. The number of likely N-dealkylation sites (tertiary alicyclic amines) is 1. The first-order valence-electron chi connectivity index (χ1n) is 6.92. The molecule has 0 aliphatic carbocycles. The molecule has 5 heteroatoms. The van der Waals surface area contributed by atoms with Gasteiger partial charge in [0.1, 0.15) is 6.54 Å². The highest BCUT2D eigenvalue weighted by Crippen LogP contribution is 2.10. The van der Waals surface area contributed by atoms with Gasteiger partial charge in [-0.15, -0.1) is 0 Å². The highest BCUT2D eigenvalue weighted by Gasteiger charge is 2.18. The molecule has 106 valence electrons. The molecule has 0 atom stereocenters. The zero-order valence-corrected chi connectivity index (χ0v) is 11.6. The minimum Gasteiger partial charge on any atom is -0.383 e. The standard InChI is InChI=1S/C14H23N3O2/c1-19-10-6-15-11-13-5-4-9-17(13)12-14(18)16-7-2-3-8-16/h4-5,9,15H,2-3,6-8,10-12H2,1H3. The lowest BCUT2D eigenvalue weighted by Crippen LogP contribution is -2.31. The molecule has 1 fully saturated rings. The Kier molecular flexibility index (Phi) is 5.42. The second-order valence-corrected chi connectivity index (χ2v) is 4.88. The molecule has 1 amide bonds. The van der Waals surface area contributed by atoms with Crippen LogP contribution in [0.2, 0.25) is 0 Å². The summed E-state index contributed by atoms with van der Waals surface area (Å²) in [5, 5.41) is 3.30. The lowest BCUT2D eigenvalue weighted by atomic mass is 10.4. The van der Waals surface area contributed by atoms with Gasteiger partial charge in [0.25, 0.3) is 0 Å². The molecule has 5 nitrogen and oxygen atoms in total. The molecule has 0 unspecified atom stereocenters. The molecule has 19 heavy (non-hydrogen) atoms. The van der Waals surface area contributed by atoms with E-state index in [0.717, 1.165) is 44.7 Å². The Morgan fingerprint density at radius 1 is 1.42 bits per heavy atom. The van der Waals surface area contributed by atoms with Crippen molar-refractivity contribution in [2.45, 2.75) is 25.9 Å². The number of ether oxygens (including phenoxy) is 1. The van der Waals surface area contributed by atoms with Gasteiger partial charge in [-0.25, -0.2) is 0 Å². The maximum atomic E-state index is 12.1. The van der Waals surface area contributed by atoms with E-state index in [4.69, 9.17) is 4.74 Å². The van der Waals surface area contributed by atoms with Crippen molar-refractivity contribution in [2.24, 2.45) is 0 Å². The Balaban J connectivity index is 1.82. The number of rotatable bonds is 7. The van der Waals surface area contributed by atoms with Gasteiger partial charge in [0.2, 0.25) is 5.91 Å². The average Bonchev–Trinajstić information content (AvgIpc) is 3.06. The van der Waals surface area contributed by atoms with E-state index in [-0.39, 0.29) is 5.91 Å². The number of hydrogen-bond donors (Lipinski definition) is 1. The Morgan fingerprint density at radius 2 is 2.21 bits per heavy atom. The fraction of sp³-hybridized carbons (Fsp3) is 0.643. The first kappa shape index (κ1) is 14.1. The van der Waals surface area contributed by atoms with E-state index in [0.29, 0.717) is 13.2 Å². The maximum Gasteiger partial charge on any atom is 0.242 e. The van der Waals surface area contributed by atoms with Crippen LogP contribution in [0.1, 0.15) is 18.5 Å². The number of methoxy groups -OCH3 is 1. The number of amides is 1. The summed E-state index contributed by atoms with van der Waals surface area (Å²) in [6, 6.07) is 4.04. The summed E-state index contributed by atoms with van der Waals surface area (Å²) in [6.07, 6.45) is 4.26. The van der Waals surface area contributed by atoms with Crippen LogP contribution < -0.4 is 5.32 Å². The van der Waals surface area contributed by atoms with Gasteiger partial charge in [-0.1, -0.05) is 0 Å². The van der Waals surface area contributed by atoms with E-state index in [1.165, 1.54) is 0 Å². The third-order valence-corrected chi connectivity index (χ3v) is 3.48. The fourth-order valence-electron chi connectivity index (χ4n) is 2.37. The SMILES string of the molecule is COCCNCc1cccn1CC(=O)N1CCCC1. The normalized spacial score (nSPS) is 15.1. The third-order valence-electron chi connectivity index (χ3n) is 3.48. The van der Waals surface area contributed by atoms with Crippen LogP contribution >= 0.6 is 0 Å². The van der Waals surface area contributed by atoms with Gasteiger partial charge in [0.15, 0.2) is 0 Å². The minimum absolute atomic E-state index is 0.229. The molecular formula is C14H23N3O2. The number of aromatic nitrogens is 1. The van der Waals surface area contributed by atoms with Crippen LogP contribution in [0.3, 0.4) is 0 Å². The minimum atomic E-state index is 0.229. The third kappa shape index (κ3) is 4.08. The van der Waals surface area contributed by atoms with Crippen molar-refractivity contribution in [1.29, 1.82) is 0 Å². The fourth-order valence-corrected chi connectivity index (χ4v) is 2.37. The molecule has 1 N–H and O–H groups in total. The second kappa shape index (κ2) is 7.31. The van der Waals surface area contributed by atoms with Crippen molar-refractivity contribution in [3.05, 3.63) is 24.0 Å². The Morgan fingerprint density at radius 3 is 2.95 bits per heavy atom. The summed E-state index contributed by atoms with van der Waals surface area (Å²) >= 11 is 0. The molecule has 0 bridgehead atoms. The molecule has 1 aliphatic heterocycles. The van der Waals surface area contributed by atoms with Crippen molar-refractivity contribution in [1.82, 2.24) is 14.8 Å². The predicted octanol–water partition coefficient (Wildman–Crippen LogP) is 0.846. The van der Waals surface area contributed by atoms with E-state index in [1.807, 2.05) is 21.7 Å². The zero-order valence-electron chi connectivity index (χ0n) is 11.6. The Labute approximate surface area is 114 Å². The molecule has 0 saturated carbocycles. The van der Waals surface area contributed by atoms with Crippen LogP contribution in [0.25, 0.3) is 0 Å². The quantitative estimate of drug-likeness (QED) is 0.743. The first-order chi connectivity index (χ1) is 9.31. The van der Waals surface area contributed by atoms with Crippen LogP contribution in [0.4, 0.5) is 0 Å². The van der Waals surface area contributed by atoms with E-state index >= 15 is 0 Å². The summed E-state index contributed by atoms with van der Waals surface area (Å²) in [5.74, 6) is 0.229. The Hall–Kier alpha value is -1.33. The molecule has 0 spiro atoms. The van der Waals surface area contributed by atoms with Gasteiger partial charge in [0.05, 0.1) is 6.61 Å². The largest absolute Gasteiger partial charge is 0.383 e. The monoisotopic (exact) mass is 265 g/mol. The van der Waals surface area contributed by atoms with Crippen LogP contribution in [0.5, 0.6) is 0 Å². The summed E-state index contributed by atoms with van der Waals surface area (Å²) in [5.41, 5.74) is 1.14. The molecule has 0 aromatic carbocycles. The number of nitrogens with one attached hydrogen (secondary N) is 1. The Bertz CT molecular complexity index is 397. The lowest BCUT2D eigenvalue weighted by Gasteiger charge is -2.17. The van der Waals surface area contributed by atoms with E-state index in [1.54, 1.807) is 7.11 Å². The average molecular weight is 265 g/mol. The summed E-state index contributed by atoms with van der Waals surface area (Å²) in [6.45, 7) is 4.58. The van der Waals surface area contributed by atoms with Crippen LogP contribution in [-0.4, -0.2) is 48.7 Å². The van der Waals surface area contributed by atoms with E-state index < -0.39 is 0 Å². The van der Waals surface area contributed by atoms with Crippen molar-refractivity contribution >= 4 is 5.91 Å². The lowest BCUT2D eigenvalue weighted by molar-refractivity contribution is -0.130. The smallest absolute Gasteiger partial charge is 0.242 e. The highest BCUT2D eigenvalue weighted by atomic mass is 16.5.